The lowest BCUT2D eigenvalue weighted by Crippen LogP contribution is -2.47. The number of hydrogen-bond donors (Lipinski definition) is 2. The number of nitrogens with one attached hydrogen (secondary N) is 2. The highest BCUT2D eigenvalue weighted by molar-refractivity contribution is 7.91. The molecule has 0 aromatic heterocycles. The molecule has 2 N–H and O–H groups in total. The van der Waals surface area contributed by atoms with E-state index in [1.807, 2.05) is 19.1 Å². The lowest BCUT2D eigenvalue weighted by Gasteiger charge is -2.24. The Bertz CT molecular complexity index is 601. The van der Waals surface area contributed by atoms with Crippen molar-refractivity contribution in [3.8, 4) is 0 Å². The number of carbonyl (C=O) groups excluding carboxylic acids is 1. The van der Waals surface area contributed by atoms with Gasteiger partial charge in [-0.3, -0.25) is 4.79 Å². The van der Waals surface area contributed by atoms with Crippen molar-refractivity contribution < 1.29 is 13.2 Å². The smallest absolute Gasteiger partial charge is 0.222 e. The Morgan fingerprint density at radius 3 is 2.71 bits per heavy atom. The highest BCUT2D eigenvalue weighted by Crippen LogP contribution is 2.16. The normalized spacial score (nSPS) is 22.5. The van der Waals surface area contributed by atoms with Gasteiger partial charge in [-0.15, -0.1) is 0 Å². The summed E-state index contributed by atoms with van der Waals surface area (Å²) in [4.78, 5) is 12.0. The van der Waals surface area contributed by atoms with E-state index >= 15 is 0 Å². The topological polar surface area (TPSA) is 75.3 Å². The molecule has 1 aliphatic rings. The average Bonchev–Trinajstić information content (AvgIpc) is 2.37. The minimum absolute atomic E-state index is 0.0236. The predicted octanol–water partition coefficient (Wildman–Crippen LogP) is 1.29. The van der Waals surface area contributed by atoms with Crippen molar-refractivity contribution in [1.29, 1.82) is 0 Å². The zero-order chi connectivity index (χ0) is 15.5. The van der Waals surface area contributed by atoms with Crippen LogP contribution in [0.3, 0.4) is 0 Å². The summed E-state index contributed by atoms with van der Waals surface area (Å²) < 4.78 is 23.1. The molecular weight excluding hydrogens is 312 g/mol. The van der Waals surface area contributed by atoms with Crippen molar-refractivity contribution >= 4 is 27.3 Å². The maximum absolute atomic E-state index is 12.0. The second-order valence-corrected chi connectivity index (χ2v) is 7.98. The predicted molar refractivity (Wildman–Crippen MR) is 83.1 cm³/mol. The fourth-order valence-electron chi connectivity index (χ4n) is 2.36. The molecule has 1 aliphatic heterocycles. The van der Waals surface area contributed by atoms with Gasteiger partial charge >= 0.3 is 0 Å². The molecule has 1 fully saturated rings. The van der Waals surface area contributed by atoms with Gasteiger partial charge in [-0.1, -0.05) is 23.7 Å². The van der Waals surface area contributed by atoms with Crippen LogP contribution in [0.4, 0.5) is 0 Å². The third-order valence-corrected chi connectivity index (χ3v) is 5.47. The third-order valence-electron chi connectivity index (χ3n) is 3.48. The van der Waals surface area contributed by atoms with Crippen LogP contribution >= 0.6 is 11.6 Å². The number of carbonyl (C=O) groups is 1. The number of benzene rings is 1. The molecule has 2 atom stereocenters. The second kappa shape index (κ2) is 6.77. The van der Waals surface area contributed by atoms with Gasteiger partial charge in [0.05, 0.1) is 17.5 Å². The summed E-state index contributed by atoms with van der Waals surface area (Å²) in [5.41, 5.74) is 0.956. The lowest BCUT2D eigenvalue weighted by atomic mass is 10.1. The van der Waals surface area contributed by atoms with Gasteiger partial charge in [0.1, 0.15) is 0 Å². The summed E-state index contributed by atoms with van der Waals surface area (Å²) in [6, 6.07) is 6.81. The van der Waals surface area contributed by atoms with E-state index in [1.165, 1.54) is 0 Å². The molecule has 2 unspecified atom stereocenters. The average molecular weight is 331 g/mol. The second-order valence-electron chi connectivity index (χ2n) is 5.31. The molecule has 1 aromatic rings. The lowest BCUT2D eigenvalue weighted by molar-refractivity contribution is -0.122. The van der Waals surface area contributed by atoms with Crippen LogP contribution in [0.1, 0.15) is 24.9 Å². The first-order valence-electron chi connectivity index (χ1n) is 6.84. The standard InChI is InChI=1S/C14H19ClN2O3S/c1-10(11-2-4-12(15)5-3-11)17-14(18)8-13-9-21(19,20)7-6-16-13/h2-5,10,13,16H,6-9H2,1H3,(H,17,18). The maximum Gasteiger partial charge on any atom is 0.222 e. The van der Waals surface area contributed by atoms with Gasteiger partial charge in [-0.25, -0.2) is 8.42 Å². The van der Waals surface area contributed by atoms with Crippen molar-refractivity contribution in [3.63, 3.8) is 0 Å². The van der Waals surface area contributed by atoms with Crippen LogP contribution in [0.2, 0.25) is 5.02 Å². The Labute approximate surface area is 130 Å². The molecule has 0 aliphatic carbocycles. The monoisotopic (exact) mass is 330 g/mol. The quantitative estimate of drug-likeness (QED) is 0.872. The van der Waals surface area contributed by atoms with Crippen LogP contribution in [-0.4, -0.2) is 38.4 Å². The molecule has 1 heterocycles. The number of halogens is 1. The van der Waals surface area contributed by atoms with Crippen LogP contribution in [0.5, 0.6) is 0 Å². The van der Waals surface area contributed by atoms with E-state index in [2.05, 4.69) is 10.6 Å². The Hall–Kier alpha value is -1.11. The fourth-order valence-corrected chi connectivity index (χ4v) is 3.93. The van der Waals surface area contributed by atoms with E-state index in [0.29, 0.717) is 11.6 Å². The maximum atomic E-state index is 12.0. The first-order chi connectivity index (χ1) is 9.85. The van der Waals surface area contributed by atoms with Gasteiger partial charge in [0.15, 0.2) is 9.84 Å². The minimum atomic E-state index is -3.02. The molecule has 116 valence electrons. The summed E-state index contributed by atoms with van der Waals surface area (Å²) in [6.45, 7) is 2.29. The molecule has 0 saturated carbocycles. The van der Waals surface area contributed by atoms with Gasteiger partial charge < -0.3 is 10.6 Å². The summed E-state index contributed by atoms with van der Waals surface area (Å²) >= 11 is 5.83. The Kier molecular flexibility index (Phi) is 5.24. The Morgan fingerprint density at radius 2 is 2.10 bits per heavy atom. The molecule has 0 radical (unpaired) electrons. The van der Waals surface area contributed by atoms with Crippen LogP contribution in [0.25, 0.3) is 0 Å². The minimum Gasteiger partial charge on any atom is -0.350 e. The molecule has 0 spiro atoms. The number of sulfone groups is 1. The molecule has 7 heteroatoms. The molecular formula is C14H19ClN2O3S. The van der Waals surface area contributed by atoms with Crippen molar-refractivity contribution in [1.82, 2.24) is 10.6 Å². The summed E-state index contributed by atoms with van der Waals surface area (Å²) in [5, 5.41) is 6.59. The van der Waals surface area contributed by atoms with Gasteiger partial charge in [-0.2, -0.15) is 0 Å². The van der Waals surface area contributed by atoms with E-state index in [0.717, 1.165) is 5.56 Å². The molecule has 0 bridgehead atoms. The highest BCUT2D eigenvalue weighted by atomic mass is 35.5. The van der Waals surface area contributed by atoms with E-state index in [-0.39, 0.29) is 35.9 Å². The van der Waals surface area contributed by atoms with Gasteiger partial charge in [0, 0.05) is 24.0 Å². The first kappa shape index (κ1) is 16.3. The van der Waals surface area contributed by atoms with Crippen LogP contribution in [0.15, 0.2) is 24.3 Å². The largest absolute Gasteiger partial charge is 0.350 e. The molecule has 2 rings (SSSR count). The van der Waals surface area contributed by atoms with Crippen molar-refractivity contribution in [2.45, 2.75) is 25.4 Å². The van der Waals surface area contributed by atoms with Crippen molar-refractivity contribution in [2.75, 3.05) is 18.1 Å². The third kappa shape index (κ3) is 4.98. The van der Waals surface area contributed by atoms with Crippen LogP contribution in [-0.2, 0) is 14.6 Å². The van der Waals surface area contributed by atoms with E-state index in [9.17, 15) is 13.2 Å². The number of rotatable bonds is 4. The van der Waals surface area contributed by atoms with Crippen molar-refractivity contribution in [3.05, 3.63) is 34.9 Å². The molecule has 1 amide bonds. The van der Waals surface area contributed by atoms with Gasteiger partial charge in [0.2, 0.25) is 5.91 Å². The Balaban J connectivity index is 1.88. The molecule has 1 saturated heterocycles. The number of amides is 1. The van der Waals surface area contributed by atoms with E-state index < -0.39 is 9.84 Å². The van der Waals surface area contributed by atoms with E-state index in [4.69, 9.17) is 11.6 Å². The Morgan fingerprint density at radius 1 is 1.43 bits per heavy atom. The highest BCUT2D eigenvalue weighted by Gasteiger charge is 2.26. The molecule has 1 aromatic carbocycles. The zero-order valence-electron chi connectivity index (χ0n) is 11.8. The zero-order valence-corrected chi connectivity index (χ0v) is 13.4. The van der Waals surface area contributed by atoms with Gasteiger partial charge in [-0.05, 0) is 24.6 Å². The summed E-state index contributed by atoms with van der Waals surface area (Å²) in [5.74, 6) is 0.00855. The fraction of sp³-hybridized carbons (Fsp3) is 0.500. The summed E-state index contributed by atoms with van der Waals surface area (Å²) in [7, 11) is -3.02. The van der Waals surface area contributed by atoms with E-state index in [1.54, 1.807) is 12.1 Å². The van der Waals surface area contributed by atoms with Crippen molar-refractivity contribution in [2.24, 2.45) is 0 Å². The number of hydrogen-bond acceptors (Lipinski definition) is 4. The van der Waals surface area contributed by atoms with Crippen LogP contribution in [0, 0.1) is 0 Å². The van der Waals surface area contributed by atoms with Gasteiger partial charge in [0.25, 0.3) is 0 Å². The SMILES string of the molecule is CC(NC(=O)CC1CS(=O)(=O)CCN1)c1ccc(Cl)cc1. The van der Waals surface area contributed by atoms with Crippen LogP contribution < -0.4 is 10.6 Å². The molecule has 5 nitrogen and oxygen atoms in total. The summed E-state index contributed by atoms with van der Waals surface area (Å²) in [6.07, 6.45) is 0.164. The molecule has 21 heavy (non-hydrogen) atoms. The first-order valence-corrected chi connectivity index (χ1v) is 9.04.